The summed E-state index contributed by atoms with van der Waals surface area (Å²) >= 11 is 0. The maximum absolute atomic E-state index is 12.3. The van der Waals surface area contributed by atoms with Crippen LogP contribution in [0.15, 0.2) is 76.3 Å². The first kappa shape index (κ1) is 20.7. The van der Waals surface area contributed by atoms with Gasteiger partial charge in [-0.1, -0.05) is 6.58 Å². The number of sulfone groups is 1. The highest BCUT2D eigenvalue weighted by Gasteiger charge is 2.15. The van der Waals surface area contributed by atoms with Gasteiger partial charge < -0.3 is 9.64 Å². The highest BCUT2D eigenvalue weighted by Crippen LogP contribution is 2.25. The fraction of sp³-hybridized carbons (Fsp3) is 0.286. The molecule has 0 spiro atoms. The Hall–Kier alpha value is -3.00. The Balaban J connectivity index is 1.59. The van der Waals surface area contributed by atoms with E-state index < -0.39 is 15.8 Å². The van der Waals surface area contributed by atoms with Crippen LogP contribution in [-0.4, -0.2) is 39.8 Å². The van der Waals surface area contributed by atoms with Gasteiger partial charge in [-0.15, -0.1) is 0 Å². The highest BCUT2D eigenvalue weighted by atomic mass is 32.2. The fourth-order valence-corrected chi connectivity index (χ4v) is 4.06. The smallest absolute Gasteiger partial charge is 0.330 e. The number of esters is 1. The quantitative estimate of drug-likeness (QED) is 0.368. The number of hydrogen-bond acceptors (Lipinski definition) is 7. The summed E-state index contributed by atoms with van der Waals surface area (Å²) in [6.07, 6.45) is 3.45. The summed E-state index contributed by atoms with van der Waals surface area (Å²) in [6.45, 7) is 5.22. The Morgan fingerprint density at radius 1 is 1.00 bits per heavy atom. The topological polar surface area (TPSA) is 88.4 Å². The molecule has 0 atom stereocenters. The normalized spacial score (nSPS) is 14.3. The van der Waals surface area contributed by atoms with Gasteiger partial charge in [0.2, 0.25) is 0 Å². The van der Waals surface area contributed by atoms with Gasteiger partial charge in [0.25, 0.3) is 0 Å². The van der Waals surface area contributed by atoms with E-state index in [1.54, 1.807) is 12.1 Å². The molecule has 7 nitrogen and oxygen atoms in total. The molecule has 8 heteroatoms. The van der Waals surface area contributed by atoms with Gasteiger partial charge >= 0.3 is 5.97 Å². The molecule has 2 aromatic rings. The van der Waals surface area contributed by atoms with Gasteiger partial charge in [-0.3, -0.25) is 0 Å². The Morgan fingerprint density at radius 3 is 2.10 bits per heavy atom. The first-order valence-corrected chi connectivity index (χ1v) is 11.0. The standard InChI is InChI=1S/C21H23N3O4S/c1-2-21(25)28-15-16-29(26,27)20-11-7-18(8-12-20)23-22-17-5-9-19(10-6-17)24-13-3-4-14-24/h2,5-12H,1,3-4,13-16H2/b23-22+. The summed E-state index contributed by atoms with van der Waals surface area (Å²) in [4.78, 5) is 13.5. The molecule has 3 rings (SSSR count). The van der Waals surface area contributed by atoms with Crippen molar-refractivity contribution in [3.63, 3.8) is 0 Å². The minimum absolute atomic E-state index is 0.140. The van der Waals surface area contributed by atoms with Crippen molar-refractivity contribution in [2.45, 2.75) is 17.7 Å². The third-order valence-corrected chi connectivity index (χ3v) is 6.26. The molecule has 0 saturated carbocycles. The van der Waals surface area contributed by atoms with Crippen LogP contribution in [0.2, 0.25) is 0 Å². The van der Waals surface area contributed by atoms with Crippen molar-refractivity contribution < 1.29 is 17.9 Å². The van der Waals surface area contributed by atoms with Crippen LogP contribution in [0.5, 0.6) is 0 Å². The van der Waals surface area contributed by atoms with Gasteiger partial charge in [0.1, 0.15) is 6.61 Å². The van der Waals surface area contributed by atoms with Crippen LogP contribution in [0.1, 0.15) is 12.8 Å². The van der Waals surface area contributed by atoms with Crippen molar-refractivity contribution in [3.8, 4) is 0 Å². The zero-order chi connectivity index (χ0) is 20.7. The summed E-state index contributed by atoms with van der Waals surface area (Å²) in [6, 6.07) is 14.0. The molecule has 0 bridgehead atoms. The van der Waals surface area contributed by atoms with E-state index in [9.17, 15) is 13.2 Å². The number of azo groups is 1. The van der Waals surface area contributed by atoms with Crippen LogP contribution in [-0.2, 0) is 19.4 Å². The number of benzene rings is 2. The van der Waals surface area contributed by atoms with E-state index in [1.165, 1.54) is 30.7 Å². The van der Waals surface area contributed by atoms with E-state index in [0.29, 0.717) is 5.69 Å². The van der Waals surface area contributed by atoms with Gasteiger partial charge in [-0.2, -0.15) is 10.2 Å². The number of nitrogens with zero attached hydrogens (tertiary/aromatic N) is 3. The Bertz CT molecular complexity index is 978. The van der Waals surface area contributed by atoms with E-state index in [1.807, 2.05) is 24.3 Å². The molecule has 29 heavy (non-hydrogen) atoms. The van der Waals surface area contributed by atoms with Gasteiger partial charge in [0.15, 0.2) is 9.84 Å². The molecular formula is C21H23N3O4S. The summed E-state index contributed by atoms with van der Waals surface area (Å²) < 4.78 is 29.2. The first-order valence-electron chi connectivity index (χ1n) is 9.37. The number of hydrogen-bond donors (Lipinski definition) is 0. The van der Waals surface area contributed by atoms with Gasteiger partial charge in [-0.05, 0) is 61.4 Å². The molecule has 0 aliphatic carbocycles. The second-order valence-corrected chi connectivity index (χ2v) is 8.70. The third kappa shape index (κ3) is 5.74. The molecule has 0 amide bonds. The Kier molecular flexibility index (Phi) is 6.77. The minimum atomic E-state index is -3.55. The lowest BCUT2D eigenvalue weighted by molar-refractivity contribution is -0.137. The summed E-state index contributed by atoms with van der Waals surface area (Å²) in [5, 5.41) is 8.36. The molecule has 152 valence electrons. The van der Waals surface area contributed by atoms with Crippen LogP contribution in [0.4, 0.5) is 17.1 Å². The summed E-state index contributed by atoms with van der Waals surface area (Å²) in [5.41, 5.74) is 2.47. The van der Waals surface area contributed by atoms with Crippen molar-refractivity contribution in [1.29, 1.82) is 0 Å². The molecule has 0 aromatic heterocycles. The van der Waals surface area contributed by atoms with Gasteiger partial charge in [0.05, 0.1) is 22.0 Å². The largest absolute Gasteiger partial charge is 0.461 e. The van der Waals surface area contributed by atoms with E-state index in [0.717, 1.165) is 24.9 Å². The number of ether oxygens (including phenoxy) is 1. The van der Waals surface area contributed by atoms with Crippen LogP contribution in [0.25, 0.3) is 0 Å². The van der Waals surface area contributed by atoms with Gasteiger partial charge in [-0.25, -0.2) is 13.2 Å². The molecule has 1 aliphatic rings. The Labute approximate surface area is 170 Å². The SMILES string of the molecule is C=CC(=O)OCCS(=O)(=O)c1ccc(/N=N/c2ccc(N3CCCC3)cc2)cc1. The van der Waals surface area contributed by atoms with Crippen molar-refractivity contribution >= 4 is 32.9 Å². The van der Waals surface area contributed by atoms with Crippen LogP contribution >= 0.6 is 0 Å². The predicted molar refractivity (Wildman–Crippen MR) is 112 cm³/mol. The second-order valence-electron chi connectivity index (χ2n) is 6.59. The van der Waals surface area contributed by atoms with Crippen molar-refractivity contribution in [2.75, 3.05) is 30.3 Å². The van der Waals surface area contributed by atoms with E-state index in [-0.39, 0.29) is 17.3 Å². The first-order chi connectivity index (χ1) is 14.0. The van der Waals surface area contributed by atoms with Gasteiger partial charge in [0, 0.05) is 24.9 Å². The molecular weight excluding hydrogens is 390 g/mol. The van der Waals surface area contributed by atoms with Crippen molar-refractivity contribution in [1.82, 2.24) is 0 Å². The Morgan fingerprint density at radius 2 is 1.55 bits per heavy atom. The van der Waals surface area contributed by atoms with Crippen LogP contribution < -0.4 is 4.90 Å². The number of carbonyl (C=O) groups is 1. The molecule has 0 N–H and O–H groups in total. The maximum atomic E-state index is 12.3. The predicted octanol–water partition coefficient (Wildman–Crippen LogP) is 4.21. The van der Waals surface area contributed by atoms with Crippen molar-refractivity contribution in [3.05, 3.63) is 61.2 Å². The fourth-order valence-electron chi connectivity index (χ4n) is 2.97. The molecule has 0 unspecified atom stereocenters. The minimum Gasteiger partial charge on any atom is -0.461 e. The lowest BCUT2D eigenvalue weighted by Crippen LogP contribution is -2.17. The van der Waals surface area contributed by atoms with E-state index >= 15 is 0 Å². The van der Waals surface area contributed by atoms with Crippen molar-refractivity contribution in [2.24, 2.45) is 10.2 Å². The average Bonchev–Trinajstić information content (AvgIpc) is 3.27. The molecule has 1 heterocycles. The summed E-state index contributed by atoms with van der Waals surface area (Å²) in [7, 11) is -3.55. The second kappa shape index (κ2) is 9.47. The summed E-state index contributed by atoms with van der Waals surface area (Å²) in [5.74, 6) is -0.944. The lowest BCUT2D eigenvalue weighted by Gasteiger charge is -2.17. The maximum Gasteiger partial charge on any atom is 0.330 e. The average molecular weight is 413 g/mol. The molecule has 2 aromatic carbocycles. The monoisotopic (exact) mass is 413 g/mol. The lowest BCUT2D eigenvalue weighted by atomic mass is 10.2. The van der Waals surface area contributed by atoms with E-state index in [4.69, 9.17) is 4.74 Å². The zero-order valence-electron chi connectivity index (χ0n) is 16.0. The number of rotatable bonds is 8. The number of anilines is 1. The molecule has 1 fully saturated rings. The molecule has 0 radical (unpaired) electrons. The van der Waals surface area contributed by atoms with E-state index in [2.05, 4.69) is 21.7 Å². The molecule has 1 saturated heterocycles. The zero-order valence-corrected chi connectivity index (χ0v) is 16.8. The highest BCUT2D eigenvalue weighted by molar-refractivity contribution is 7.91. The molecule has 1 aliphatic heterocycles. The third-order valence-electron chi connectivity index (χ3n) is 4.56. The number of carbonyl (C=O) groups excluding carboxylic acids is 1. The van der Waals surface area contributed by atoms with Crippen LogP contribution in [0, 0.1) is 0 Å². The van der Waals surface area contributed by atoms with Crippen LogP contribution in [0.3, 0.4) is 0 Å².